The molecule has 0 radical (unpaired) electrons. The third-order valence-electron chi connectivity index (χ3n) is 5.57. The molecule has 31 heavy (non-hydrogen) atoms. The molecule has 2 aromatic carbocycles. The summed E-state index contributed by atoms with van der Waals surface area (Å²) >= 11 is 0. The summed E-state index contributed by atoms with van der Waals surface area (Å²) in [4.78, 5) is 15.3. The number of aromatic nitrogens is 4. The van der Waals surface area contributed by atoms with Gasteiger partial charge in [0.05, 0.1) is 11.8 Å². The van der Waals surface area contributed by atoms with Crippen LogP contribution in [0.15, 0.2) is 48.8 Å². The molecular weight excluding hydrogens is 392 g/mol. The van der Waals surface area contributed by atoms with E-state index in [2.05, 4.69) is 25.7 Å². The SMILES string of the molecule is Cc1ccc(-c2cc(C(=O)NC(C)CN3CCCC(O)C3)cc(-n3cnnn3)c2)cc1. The van der Waals surface area contributed by atoms with Crippen LogP contribution < -0.4 is 5.32 Å². The lowest BCUT2D eigenvalue weighted by atomic mass is 10.0. The molecule has 1 aliphatic rings. The summed E-state index contributed by atoms with van der Waals surface area (Å²) in [6, 6.07) is 13.8. The summed E-state index contributed by atoms with van der Waals surface area (Å²) in [5.74, 6) is -0.145. The topological polar surface area (TPSA) is 96.2 Å². The number of nitrogens with zero attached hydrogens (tertiary/aromatic N) is 5. The van der Waals surface area contributed by atoms with E-state index in [1.807, 2.05) is 50.2 Å². The van der Waals surface area contributed by atoms with Gasteiger partial charge in [0.2, 0.25) is 0 Å². The van der Waals surface area contributed by atoms with Gasteiger partial charge >= 0.3 is 0 Å². The van der Waals surface area contributed by atoms with Gasteiger partial charge in [-0.3, -0.25) is 9.69 Å². The highest BCUT2D eigenvalue weighted by Gasteiger charge is 2.20. The molecule has 2 N–H and O–H groups in total. The Kier molecular flexibility index (Phi) is 6.39. The van der Waals surface area contributed by atoms with Gasteiger partial charge in [0.15, 0.2) is 0 Å². The van der Waals surface area contributed by atoms with E-state index in [-0.39, 0.29) is 18.1 Å². The summed E-state index contributed by atoms with van der Waals surface area (Å²) < 4.78 is 1.55. The average molecular weight is 421 g/mol. The number of tetrazole rings is 1. The normalized spacial score (nSPS) is 18.0. The van der Waals surface area contributed by atoms with Gasteiger partial charge < -0.3 is 10.4 Å². The zero-order valence-electron chi connectivity index (χ0n) is 17.9. The molecule has 0 spiro atoms. The molecule has 162 valence electrons. The Hall–Kier alpha value is -3.10. The molecule has 2 heterocycles. The van der Waals surface area contributed by atoms with Gasteiger partial charge in [-0.2, -0.15) is 0 Å². The van der Waals surface area contributed by atoms with Crippen molar-refractivity contribution in [2.45, 2.75) is 38.8 Å². The van der Waals surface area contributed by atoms with Gasteiger partial charge in [-0.05, 0) is 73.0 Å². The zero-order chi connectivity index (χ0) is 21.8. The highest BCUT2D eigenvalue weighted by Crippen LogP contribution is 2.24. The molecule has 1 aromatic heterocycles. The molecule has 2 unspecified atom stereocenters. The van der Waals surface area contributed by atoms with Crippen molar-refractivity contribution >= 4 is 5.91 Å². The number of rotatable bonds is 6. The van der Waals surface area contributed by atoms with Gasteiger partial charge in [0, 0.05) is 24.7 Å². The number of likely N-dealkylation sites (tertiary alicyclic amines) is 1. The summed E-state index contributed by atoms with van der Waals surface area (Å²) in [6.45, 7) is 6.35. The minimum atomic E-state index is -0.276. The van der Waals surface area contributed by atoms with Crippen LogP contribution in [0, 0.1) is 6.92 Å². The van der Waals surface area contributed by atoms with E-state index in [1.54, 1.807) is 10.7 Å². The molecule has 1 fully saturated rings. The monoisotopic (exact) mass is 420 g/mol. The third kappa shape index (κ3) is 5.34. The zero-order valence-corrected chi connectivity index (χ0v) is 17.9. The minimum absolute atomic E-state index is 0.0442. The summed E-state index contributed by atoms with van der Waals surface area (Å²) in [5.41, 5.74) is 4.39. The van der Waals surface area contributed by atoms with Crippen LogP contribution >= 0.6 is 0 Å². The minimum Gasteiger partial charge on any atom is -0.392 e. The Labute approximate surface area is 181 Å². The Morgan fingerprint density at radius 2 is 2.03 bits per heavy atom. The first-order valence-corrected chi connectivity index (χ1v) is 10.6. The van der Waals surface area contributed by atoms with Crippen LogP contribution in [0.2, 0.25) is 0 Å². The molecule has 4 rings (SSSR count). The lowest BCUT2D eigenvalue weighted by Crippen LogP contribution is -2.46. The first-order chi connectivity index (χ1) is 15.0. The average Bonchev–Trinajstić information content (AvgIpc) is 3.29. The van der Waals surface area contributed by atoms with E-state index in [9.17, 15) is 9.90 Å². The number of amides is 1. The van der Waals surface area contributed by atoms with Crippen molar-refractivity contribution in [3.63, 3.8) is 0 Å². The maximum atomic E-state index is 13.1. The summed E-state index contributed by atoms with van der Waals surface area (Å²) in [7, 11) is 0. The van der Waals surface area contributed by atoms with Gasteiger partial charge in [-0.15, -0.1) is 5.10 Å². The molecule has 1 amide bonds. The summed E-state index contributed by atoms with van der Waals surface area (Å²) in [5, 5.41) is 24.4. The molecule has 0 saturated carbocycles. The molecule has 0 aliphatic carbocycles. The number of aliphatic hydroxyl groups excluding tert-OH is 1. The van der Waals surface area contributed by atoms with E-state index in [4.69, 9.17) is 0 Å². The Bertz CT molecular complexity index is 1020. The Balaban J connectivity index is 1.56. The standard InChI is InChI=1S/C23H28N6O2/c1-16-5-7-18(8-6-16)19-10-20(12-21(11-19)29-15-24-26-27-29)23(31)25-17(2)13-28-9-3-4-22(30)14-28/h5-8,10-12,15,17,22,30H,3-4,9,13-14H2,1-2H3,(H,25,31). The molecular formula is C23H28N6O2. The Morgan fingerprint density at radius 1 is 1.23 bits per heavy atom. The number of hydrogen-bond donors (Lipinski definition) is 2. The number of nitrogens with one attached hydrogen (secondary N) is 1. The number of piperidine rings is 1. The number of β-amino-alcohol motifs (C(OH)–C–C–N with tert-alkyl or cyclic N) is 1. The smallest absolute Gasteiger partial charge is 0.251 e. The fourth-order valence-electron chi connectivity index (χ4n) is 4.00. The van der Waals surface area contributed by atoms with Crippen molar-refractivity contribution in [3.8, 4) is 16.8 Å². The van der Waals surface area contributed by atoms with Crippen molar-refractivity contribution in [1.29, 1.82) is 0 Å². The maximum absolute atomic E-state index is 13.1. The molecule has 1 aliphatic heterocycles. The number of benzene rings is 2. The highest BCUT2D eigenvalue weighted by molar-refractivity contribution is 5.96. The molecule has 8 heteroatoms. The Morgan fingerprint density at radius 3 is 2.74 bits per heavy atom. The lowest BCUT2D eigenvalue weighted by Gasteiger charge is -2.32. The number of aryl methyl sites for hydroxylation is 1. The molecule has 1 saturated heterocycles. The van der Waals surface area contributed by atoms with Crippen LogP contribution in [0.4, 0.5) is 0 Å². The van der Waals surface area contributed by atoms with Crippen LogP contribution in [0.25, 0.3) is 16.8 Å². The van der Waals surface area contributed by atoms with E-state index in [0.29, 0.717) is 18.7 Å². The first kappa shape index (κ1) is 21.1. The fourth-order valence-corrected chi connectivity index (χ4v) is 4.00. The van der Waals surface area contributed by atoms with Gasteiger partial charge in [0.25, 0.3) is 5.91 Å². The van der Waals surface area contributed by atoms with Crippen molar-refractivity contribution < 1.29 is 9.90 Å². The fraction of sp³-hybridized carbons (Fsp3) is 0.391. The lowest BCUT2D eigenvalue weighted by molar-refractivity contribution is 0.0650. The van der Waals surface area contributed by atoms with E-state index < -0.39 is 0 Å². The van der Waals surface area contributed by atoms with Crippen LogP contribution in [-0.4, -0.2) is 67.9 Å². The van der Waals surface area contributed by atoms with Crippen LogP contribution in [-0.2, 0) is 0 Å². The van der Waals surface area contributed by atoms with Crippen molar-refractivity contribution in [1.82, 2.24) is 30.4 Å². The predicted octanol–water partition coefficient (Wildman–Crippen LogP) is 2.21. The van der Waals surface area contributed by atoms with Crippen molar-refractivity contribution in [2.24, 2.45) is 0 Å². The highest BCUT2D eigenvalue weighted by atomic mass is 16.3. The maximum Gasteiger partial charge on any atom is 0.251 e. The van der Waals surface area contributed by atoms with E-state index in [1.165, 1.54) is 11.9 Å². The second-order valence-electron chi connectivity index (χ2n) is 8.32. The molecule has 8 nitrogen and oxygen atoms in total. The second-order valence-corrected chi connectivity index (χ2v) is 8.32. The summed E-state index contributed by atoms with van der Waals surface area (Å²) in [6.07, 6.45) is 3.07. The molecule has 2 atom stereocenters. The predicted molar refractivity (Wildman–Crippen MR) is 118 cm³/mol. The number of carbonyl (C=O) groups excluding carboxylic acids is 1. The van der Waals surface area contributed by atoms with Gasteiger partial charge in [0.1, 0.15) is 6.33 Å². The van der Waals surface area contributed by atoms with Crippen LogP contribution in [0.3, 0.4) is 0 Å². The van der Waals surface area contributed by atoms with E-state index in [0.717, 1.165) is 36.2 Å². The molecule has 3 aromatic rings. The quantitative estimate of drug-likeness (QED) is 0.635. The molecule has 0 bridgehead atoms. The number of aliphatic hydroxyl groups is 1. The van der Waals surface area contributed by atoms with Crippen LogP contribution in [0.5, 0.6) is 0 Å². The van der Waals surface area contributed by atoms with E-state index >= 15 is 0 Å². The van der Waals surface area contributed by atoms with Gasteiger partial charge in [-0.25, -0.2) is 4.68 Å². The first-order valence-electron chi connectivity index (χ1n) is 10.6. The van der Waals surface area contributed by atoms with Crippen molar-refractivity contribution in [3.05, 3.63) is 59.9 Å². The van der Waals surface area contributed by atoms with Crippen molar-refractivity contribution in [2.75, 3.05) is 19.6 Å². The van der Waals surface area contributed by atoms with Crippen LogP contribution in [0.1, 0.15) is 35.7 Å². The second kappa shape index (κ2) is 9.36. The third-order valence-corrected chi connectivity index (χ3v) is 5.57. The van der Waals surface area contributed by atoms with Gasteiger partial charge in [-0.1, -0.05) is 29.8 Å². The largest absolute Gasteiger partial charge is 0.392 e. The number of hydrogen-bond acceptors (Lipinski definition) is 6. The number of carbonyl (C=O) groups is 1.